The fourth-order valence-corrected chi connectivity index (χ4v) is 4.62. The van der Waals surface area contributed by atoms with Gasteiger partial charge >= 0.3 is 6.09 Å². The summed E-state index contributed by atoms with van der Waals surface area (Å²) in [5.74, 6) is 1.11. The molecule has 1 fully saturated rings. The van der Waals surface area contributed by atoms with Crippen molar-refractivity contribution in [2.24, 2.45) is 5.92 Å². The van der Waals surface area contributed by atoms with Gasteiger partial charge in [-0.05, 0) is 55.2 Å². The molecule has 2 amide bonds. The standard InChI is InChI=1S/C28H37N3O5/c1-20(2)19-35-28(34)30-15-11-23(12-16-30)36-26-6-3-5-25-24(26)13-17-31(25)22-9-7-21(8-10-22)27(33)29-14-4-18-32/h3,5-10,20,23,32H,4,11-19H2,1-2H3,(H,29,33). The van der Waals surface area contributed by atoms with Gasteiger partial charge in [0.05, 0.1) is 6.61 Å². The van der Waals surface area contributed by atoms with Crippen LogP contribution >= 0.6 is 0 Å². The van der Waals surface area contributed by atoms with E-state index in [4.69, 9.17) is 14.6 Å². The molecule has 0 spiro atoms. The molecule has 2 aliphatic rings. The lowest BCUT2D eigenvalue weighted by molar-refractivity contribution is 0.0616. The summed E-state index contributed by atoms with van der Waals surface area (Å²) < 4.78 is 11.8. The second-order valence-electron chi connectivity index (χ2n) is 9.81. The zero-order valence-electron chi connectivity index (χ0n) is 21.2. The van der Waals surface area contributed by atoms with Gasteiger partial charge in [0.15, 0.2) is 0 Å². The third-order valence-electron chi connectivity index (χ3n) is 6.58. The average molecular weight is 496 g/mol. The minimum atomic E-state index is -0.230. The molecule has 0 saturated carbocycles. The maximum Gasteiger partial charge on any atom is 0.409 e. The molecule has 194 valence electrons. The highest BCUT2D eigenvalue weighted by Crippen LogP contribution is 2.40. The number of aliphatic hydroxyl groups excluding tert-OH is 1. The number of ether oxygens (including phenoxy) is 2. The van der Waals surface area contributed by atoms with Crippen molar-refractivity contribution in [2.45, 2.75) is 45.6 Å². The number of hydrogen-bond donors (Lipinski definition) is 2. The van der Waals surface area contributed by atoms with Crippen molar-refractivity contribution in [1.29, 1.82) is 0 Å². The van der Waals surface area contributed by atoms with E-state index in [9.17, 15) is 9.59 Å². The largest absolute Gasteiger partial charge is 0.490 e. The summed E-state index contributed by atoms with van der Waals surface area (Å²) in [6.07, 6.45) is 2.84. The highest BCUT2D eigenvalue weighted by atomic mass is 16.6. The maximum absolute atomic E-state index is 12.2. The van der Waals surface area contributed by atoms with Crippen LogP contribution in [0.4, 0.5) is 16.2 Å². The molecular weight excluding hydrogens is 458 g/mol. The number of fused-ring (bicyclic) bond motifs is 1. The average Bonchev–Trinajstić information content (AvgIpc) is 3.33. The third-order valence-corrected chi connectivity index (χ3v) is 6.58. The Balaban J connectivity index is 1.35. The molecule has 2 heterocycles. The minimum Gasteiger partial charge on any atom is -0.490 e. The van der Waals surface area contributed by atoms with E-state index in [1.807, 2.05) is 50.2 Å². The molecule has 36 heavy (non-hydrogen) atoms. The number of aliphatic hydroxyl groups is 1. The van der Waals surface area contributed by atoms with Crippen molar-refractivity contribution >= 4 is 23.4 Å². The number of carbonyl (C=O) groups is 2. The van der Waals surface area contributed by atoms with E-state index in [1.165, 1.54) is 5.56 Å². The number of nitrogens with one attached hydrogen (secondary N) is 1. The molecule has 1 saturated heterocycles. The van der Waals surface area contributed by atoms with Crippen LogP contribution in [0.25, 0.3) is 0 Å². The first-order valence-electron chi connectivity index (χ1n) is 12.9. The number of carbonyl (C=O) groups excluding carboxylic acids is 2. The molecule has 4 rings (SSSR count). The minimum absolute atomic E-state index is 0.0611. The van der Waals surface area contributed by atoms with Gasteiger partial charge < -0.3 is 29.7 Å². The van der Waals surface area contributed by atoms with Crippen LogP contribution < -0.4 is 15.0 Å². The van der Waals surface area contributed by atoms with E-state index in [-0.39, 0.29) is 24.7 Å². The molecule has 2 aliphatic heterocycles. The van der Waals surface area contributed by atoms with Gasteiger partial charge in [0.2, 0.25) is 0 Å². The number of amides is 2. The fraction of sp³-hybridized carbons (Fsp3) is 0.500. The molecule has 2 aromatic carbocycles. The smallest absolute Gasteiger partial charge is 0.409 e. The van der Waals surface area contributed by atoms with Gasteiger partial charge in [-0.2, -0.15) is 0 Å². The molecule has 2 aromatic rings. The van der Waals surface area contributed by atoms with Crippen molar-refractivity contribution in [3.63, 3.8) is 0 Å². The van der Waals surface area contributed by atoms with Crippen LogP contribution in [-0.2, 0) is 11.2 Å². The number of rotatable bonds is 9. The molecule has 0 radical (unpaired) electrons. The fourth-order valence-electron chi connectivity index (χ4n) is 4.62. The van der Waals surface area contributed by atoms with Crippen LogP contribution in [0.2, 0.25) is 0 Å². The zero-order chi connectivity index (χ0) is 25.5. The van der Waals surface area contributed by atoms with Crippen molar-refractivity contribution in [3.8, 4) is 5.75 Å². The number of piperidine rings is 1. The van der Waals surface area contributed by atoms with E-state index >= 15 is 0 Å². The monoisotopic (exact) mass is 495 g/mol. The summed E-state index contributed by atoms with van der Waals surface area (Å²) in [7, 11) is 0. The van der Waals surface area contributed by atoms with Gasteiger partial charge in [-0.3, -0.25) is 4.79 Å². The molecule has 0 unspecified atom stereocenters. The number of benzene rings is 2. The lowest BCUT2D eigenvalue weighted by Crippen LogP contribution is -2.42. The van der Waals surface area contributed by atoms with Crippen LogP contribution in [0.15, 0.2) is 42.5 Å². The van der Waals surface area contributed by atoms with Crippen LogP contribution in [0.3, 0.4) is 0 Å². The van der Waals surface area contributed by atoms with Crippen LogP contribution in [0.5, 0.6) is 5.75 Å². The Hall–Kier alpha value is -3.26. The van der Waals surface area contributed by atoms with E-state index < -0.39 is 0 Å². The Labute approximate surface area is 213 Å². The Bertz CT molecular complexity index is 1030. The second kappa shape index (κ2) is 12.1. The SMILES string of the molecule is CC(C)COC(=O)N1CCC(Oc2cccc3c2CCN3c2ccc(C(=O)NCCCO)cc2)CC1. The third kappa shape index (κ3) is 6.29. The summed E-state index contributed by atoms with van der Waals surface area (Å²) in [5.41, 5.74) is 3.96. The highest BCUT2D eigenvalue weighted by Gasteiger charge is 2.28. The molecule has 8 heteroatoms. The summed E-state index contributed by atoms with van der Waals surface area (Å²) in [6.45, 7) is 7.16. The summed E-state index contributed by atoms with van der Waals surface area (Å²) >= 11 is 0. The molecular formula is C28H37N3O5. The van der Waals surface area contributed by atoms with E-state index in [1.54, 1.807) is 4.90 Å². The van der Waals surface area contributed by atoms with Crippen LogP contribution in [0.1, 0.15) is 49.0 Å². The van der Waals surface area contributed by atoms with E-state index in [2.05, 4.69) is 16.3 Å². The molecule has 0 aromatic heterocycles. The van der Waals surface area contributed by atoms with E-state index in [0.29, 0.717) is 44.1 Å². The quantitative estimate of drug-likeness (QED) is 0.509. The zero-order valence-corrected chi connectivity index (χ0v) is 21.2. The molecule has 0 bridgehead atoms. The van der Waals surface area contributed by atoms with Crippen molar-refractivity contribution in [3.05, 3.63) is 53.6 Å². The summed E-state index contributed by atoms with van der Waals surface area (Å²) in [5, 5.41) is 11.7. The number of nitrogens with zero attached hydrogens (tertiary/aromatic N) is 2. The Kier molecular flexibility index (Phi) is 8.70. The second-order valence-corrected chi connectivity index (χ2v) is 9.81. The van der Waals surface area contributed by atoms with Gasteiger partial charge in [-0.1, -0.05) is 19.9 Å². The Morgan fingerprint density at radius 1 is 1.08 bits per heavy atom. The van der Waals surface area contributed by atoms with Crippen LogP contribution in [-0.4, -0.2) is 67.5 Å². The first-order valence-corrected chi connectivity index (χ1v) is 12.9. The van der Waals surface area contributed by atoms with Gasteiger partial charge in [0.25, 0.3) is 5.91 Å². The number of likely N-dealkylation sites (tertiary alicyclic amines) is 1. The lowest BCUT2D eigenvalue weighted by atomic mass is 10.1. The Morgan fingerprint density at radius 3 is 2.53 bits per heavy atom. The van der Waals surface area contributed by atoms with Crippen molar-refractivity contribution < 1.29 is 24.2 Å². The number of anilines is 2. The first-order chi connectivity index (χ1) is 17.5. The predicted molar refractivity (Wildman–Crippen MR) is 139 cm³/mol. The normalized spacial score (nSPS) is 15.7. The maximum atomic E-state index is 12.2. The van der Waals surface area contributed by atoms with Crippen molar-refractivity contribution in [1.82, 2.24) is 10.2 Å². The van der Waals surface area contributed by atoms with Gasteiger partial charge in [0.1, 0.15) is 11.9 Å². The molecule has 2 N–H and O–H groups in total. The van der Waals surface area contributed by atoms with Gasteiger partial charge in [0, 0.05) is 68.1 Å². The van der Waals surface area contributed by atoms with E-state index in [0.717, 1.165) is 42.9 Å². The first kappa shape index (κ1) is 25.8. The molecule has 0 atom stereocenters. The van der Waals surface area contributed by atoms with Crippen molar-refractivity contribution in [2.75, 3.05) is 44.3 Å². The predicted octanol–water partition coefficient (Wildman–Crippen LogP) is 4.13. The van der Waals surface area contributed by atoms with Gasteiger partial charge in [-0.25, -0.2) is 4.79 Å². The summed E-state index contributed by atoms with van der Waals surface area (Å²) in [6, 6.07) is 13.8. The topological polar surface area (TPSA) is 91.3 Å². The van der Waals surface area contributed by atoms with Crippen LogP contribution in [0, 0.1) is 5.92 Å². The Morgan fingerprint density at radius 2 is 1.83 bits per heavy atom. The van der Waals surface area contributed by atoms with Gasteiger partial charge in [-0.15, -0.1) is 0 Å². The number of hydrogen-bond acceptors (Lipinski definition) is 6. The summed E-state index contributed by atoms with van der Waals surface area (Å²) in [4.78, 5) is 28.5. The molecule has 8 nitrogen and oxygen atoms in total. The highest BCUT2D eigenvalue weighted by molar-refractivity contribution is 5.94. The lowest BCUT2D eigenvalue weighted by Gasteiger charge is -2.32. The molecule has 0 aliphatic carbocycles.